The van der Waals surface area contributed by atoms with Crippen molar-refractivity contribution >= 4 is 0 Å². The lowest BCUT2D eigenvalue weighted by molar-refractivity contribution is -0.137. The standard InChI is InChI=1S/C13H9F4N/c1-8-6-11(13(15,16)17)10(7-18-8)9-4-2-3-5-12(9)14/h2-7H,1H3. The Bertz CT molecular complexity index is 575. The quantitative estimate of drug-likeness (QED) is 0.695. The molecule has 94 valence electrons. The van der Waals surface area contributed by atoms with E-state index in [0.717, 1.165) is 18.3 Å². The molecule has 0 bridgehead atoms. The molecule has 1 aromatic heterocycles. The van der Waals surface area contributed by atoms with E-state index in [9.17, 15) is 17.6 Å². The van der Waals surface area contributed by atoms with Crippen LogP contribution in [0.15, 0.2) is 36.5 Å². The van der Waals surface area contributed by atoms with Gasteiger partial charge in [-0.1, -0.05) is 18.2 Å². The van der Waals surface area contributed by atoms with Gasteiger partial charge in [-0.3, -0.25) is 4.98 Å². The zero-order valence-corrected chi connectivity index (χ0v) is 9.42. The van der Waals surface area contributed by atoms with E-state index < -0.39 is 17.6 Å². The molecular formula is C13H9F4N. The van der Waals surface area contributed by atoms with E-state index in [-0.39, 0.29) is 16.8 Å². The van der Waals surface area contributed by atoms with E-state index in [2.05, 4.69) is 4.98 Å². The van der Waals surface area contributed by atoms with Gasteiger partial charge in [0.25, 0.3) is 0 Å². The maximum atomic E-state index is 13.5. The Labute approximate surface area is 101 Å². The molecule has 1 aromatic carbocycles. The molecule has 0 N–H and O–H groups in total. The van der Waals surface area contributed by atoms with E-state index in [1.54, 1.807) is 0 Å². The van der Waals surface area contributed by atoms with Crippen molar-refractivity contribution in [3.63, 3.8) is 0 Å². The Morgan fingerprint density at radius 3 is 2.33 bits per heavy atom. The molecule has 0 unspecified atom stereocenters. The second-order valence-corrected chi connectivity index (χ2v) is 3.85. The predicted molar refractivity (Wildman–Crippen MR) is 59.4 cm³/mol. The molecule has 2 aromatic rings. The van der Waals surface area contributed by atoms with Crippen LogP contribution in [-0.2, 0) is 6.18 Å². The summed E-state index contributed by atoms with van der Waals surface area (Å²) in [7, 11) is 0. The Morgan fingerprint density at radius 1 is 1.06 bits per heavy atom. The highest BCUT2D eigenvalue weighted by Gasteiger charge is 2.34. The zero-order valence-electron chi connectivity index (χ0n) is 9.42. The lowest BCUT2D eigenvalue weighted by atomic mass is 10.0. The molecule has 0 saturated carbocycles. The van der Waals surface area contributed by atoms with Gasteiger partial charge in [0.1, 0.15) is 5.82 Å². The van der Waals surface area contributed by atoms with Crippen LogP contribution in [0.1, 0.15) is 11.3 Å². The molecule has 1 nitrogen and oxygen atoms in total. The van der Waals surface area contributed by atoms with Crippen LogP contribution < -0.4 is 0 Å². The lowest BCUT2D eigenvalue weighted by Crippen LogP contribution is -2.09. The third kappa shape index (κ3) is 2.34. The highest BCUT2D eigenvalue weighted by molar-refractivity contribution is 5.67. The van der Waals surface area contributed by atoms with E-state index in [1.807, 2.05) is 0 Å². The molecule has 0 aliphatic carbocycles. The van der Waals surface area contributed by atoms with Crippen LogP contribution >= 0.6 is 0 Å². The van der Waals surface area contributed by atoms with E-state index in [0.29, 0.717) is 0 Å². The van der Waals surface area contributed by atoms with Gasteiger partial charge in [-0.25, -0.2) is 4.39 Å². The predicted octanol–water partition coefficient (Wildman–Crippen LogP) is 4.21. The zero-order chi connectivity index (χ0) is 13.3. The number of aryl methyl sites for hydroxylation is 1. The summed E-state index contributed by atoms with van der Waals surface area (Å²) < 4.78 is 52.2. The molecule has 0 amide bonds. The summed E-state index contributed by atoms with van der Waals surface area (Å²) in [6.45, 7) is 1.46. The van der Waals surface area contributed by atoms with Crippen molar-refractivity contribution < 1.29 is 17.6 Å². The van der Waals surface area contributed by atoms with Crippen LogP contribution in [0.3, 0.4) is 0 Å². The van der Waals surface area contributed by atoms with Gasteiger partial charge >= 0.3 is 6.18 Å². The minimum Gasteiger partial charge on any atom is -0.261 e. The molecule has 0 saturated heterocycles. The fourth-order valence-corrected chi connectivity index (χ4v) is 1.69. The number of pyridine rings is 1. The molecule has 5 heteroatoms. The smallest absolute Gasteiger partial charge is 0.261 e. The monoisotopic (exact) mass is 255 g/mol. The first-order valence-electron chi connectivity index (χ1n) is 5.18. The van der Waals surface area contributed by atoms with Gasteiger partial charge in [-0.15, -0.1) is 0 Å². The Morgan fingerprint density at radius 2 is 1.72 bits per heavy atom. The molecule has 0 fully saturated rings. The first-order valence-corrected chi connectivity index (χ1v) is 5.18. The van der Waals surface area contributed by atoms with Crippen molar-refractivity contribution in [1.29, 1.82) is 0 Å². The number of halogens is 4. The summed E-state index contributed by atoms with van der Waals surface area (Å²) in [4.78, 5) is 3.80. The minimum atomic E-state index is -4.54. The summed E-state index contributed by atoms with van der Waals surface area (Å²) in [6.07, 6.45) is -3.48. The number of nitrogens with zero attached hydrogens (tertiary/aromatic N) is 1. The number of aromatic nitrogens is 1. The third-order valence-corrected chi connectivity index (χ3v) is 2.51. The second kappa shape index (κ2) is 4.40. The van der Waals surface area contributed by atoms with Crippen molar-refractivity contribution in [2.75, 3.05) is 0 Å². The number of alkyl halides is 3. The normalized spacial score (nSPS) is 11.6. The molecule has 2 rings (SSSR count). The summed E-state index contributed by atoms with van der Waals surface area (Å²) in [5, 5.41) is 0. The molecule has 0 radical (unpaired) electrons. The molecule has 1 heterocycles. The van der Waals surface area contributed by atoms with Crippen LogP contribution in [0.5, 0.6) is 0 Å². The minimum absolute atomic E-state index is 0.0997. The molecule has 0 aliphatic rings. The van der Waals surface area contributed by atoms with Gasteiger partial charge in [-0.05, 0) is 19.1 Å². The summed E-state index contributed by atoms with van der Waals surface area (Å²) >= 11 is 0. The van der Waals surface area contributed by atoms with Gasteiger partial charge in [0, 0.05) is 23.0 Å². The Kier molecular flexibility index (Phi) is 3.07. The Balaban J connectivity index is 2.69. The average Bonchev–Trinajstić information content (AvgIpc) is 2.29. The van der Waals surface area contributed by atoms with Gasteiger partial charge in [0.15, 0.2) is 0 Å². The lowest BCUT2D eigenvalue weighted by Gasteiger charge is -2.13. The SMILES string of the molecule is Cc1cc(C(F)(F)F)c(-c2ccccc2F)cn1. The number of benzene rings is 1. The number of hydrogen-bond acceptors (Lipinski definition) is 1. The maximum Gasteiger partial charge on any atom is 0.417 e. The first kappa shape index (κ1) is 12.5. The van der Waals surface area contributed by atoms with Gasteiger partial charge in [0.2, 0.25) is 0 Å². The second-order valence-electron chi connectivity index (χ2n) is 3.85. The highest BCUT2D eigenvalue weighted by atomic mass is 19.4. The molecular weight excluding hydrogens is 246 g/mol. The van der Waals surface area contributed by atoms with E-state index >= 15 is 0 Å². The molecule has 0 spiro atoms. The third-order valence-electron chi connectivity index (χ3n) is 2.51. The molecule has 18 heavy (non-hydrogen) atoms. The fraction of sp³-hybridized carbons (Fsp3) is 0.154. The van der Waals surface area contributed by atoms with Crippen LogP contribution in [0.4, 0.5) is 17.6 Å². The maximum absolute atomic E-state index is 13.5. The topological polar surface area (TPSA) is 12.9 Å². The van der Waals surface area contributed by atoms with Gasteiger partial charge < -0.3 is 0 Å². The molecule has 0 aliphatic heterocycles. The Hall–Kier alpha value is -1.91. The summed E-state index contributed by atoms with van der Waals surface area (Å²) in [5.41, 5.74) is -0.981. The van der Waals surface area contributed by atoms with Crippen molar-refractivity contribution in [3.05, 3.63) is 53.6 Å². The van der Waals surface area contributed by atoms with Gasteiger partial charge in [0.05, 0.1) is 5.56 Å². The van der Waals surface area contributed by atoms with Crippen LogP contribution in [0.25, 0.3) is 11.1 Å². The fourth-order valence-electron chi connectivity index (χ4n) is 1.69. The average molecular weight is 255 g/mol. The van der Waals surface area contributed by atoms with Crippen molar-refractivity contribution in [1.82, 2.24) is 4.98 Å². The summed E-state index contributed by atoms with van der Waals surface area (Å²) in [6, 6.07) is 6.25. The van der Waals surface area contributed by atoms with Crippen LogP contribution in [0.2, 0.25) is 0 Å². The van der Waals surface area contributed by atoms with E-state index in [4.69, 9.17) is 0 Å². The number of hydrogen-bond donors (Lipinski definition) is 0. The molecule has 0 atom stereocenters. The van der Waals surface area contributed by atoms with Crippen molar-refractivity contribution in [2.24, 2.45) is 0 Å². The largest absolute Gasteiger partial charge is 0.417 e. The first-order chi connectivity index (χ1) is 8.39. The van der Waals surface area contributed by atoms with Crippen LogP contribution in [-0.4, -0.2) is 4.98 Å². The number of rotatable bonds is 1. The van der Waals surface area contributed by atoms with E-state index in [1.165, 1.54) is 25.1 Å². The van der Waals surface area contributed by atoms with Gasteiger partial charge in [-0.2, -0.15) is 13.2 Å². The summed E-state index contributed by atoms with van der Waals surface area (Å²) in [5.74, 6) is -0.700. The van der Waals surface area contributed by atoms with Crippen molar-refractivity contribution in [2.45, 2.75) is 13.1 Å². The van der Waals surface area contributed by atoms with Crippen molar-refractivity contribution in [3.8, 4) is 11.1 Å². The van der Waals surface area contributed by atoms with Crippen LogP contribution in [0, 0.1) is 12.7 Å². The highest BCUT2D eigenvalue weighted by Crippen LogP contribution is 2.37.